The average molecular weight is 380 g/mol. The fourth-order valence-corrected chi connectivity index (χ4v) is 4.29. The monoisotopic (exact) mass is 380 g/mol. The maximum absolute atomic E-state index is 13.0. The molecule has 2 fully saturated rings. The smallest absolute Gasteiger partial charge is 0.272 e. The van der Waals surface area contributed by atoms with Crippen LogP contribution in [0.25, 0.3) is 5.69 Å². The Morgan fingerprint density at radius 1 is 0.857 bits per heavy atom. The number of nitrogens with zero attached hydrogens (tertiary/aromatic N) is 4. The second-order valence-corrected chi connectivity index (χ2v) is 7.79. The van der Waals surface area contributed by atoms with E-state index in [1.165, 1.54) is 12.8 Å². The molecule has 1 aromatic carbocycles. The SMILES string of the molecule is O=C(c1cncn1-c1ccccc1)N1CCC(C(=O)N2CCCCCC2)CC1. The molecule has 2 aromatic rings. The summed E-state index contributed by atoms with van der Waals surface area (Å²) >= 11 is 0. The zero-order chi connectivity index (χ0) is 19.3. The number of hydrogen-bond acceptors (Lipinski definition) is 3. The quantitative estimate of drug-likeness (QED) is 0.822. The highest BCUT2D eigenvalue weighted by molar-refractivity contribution is 5.93. The molecular formula is C22H28N4O2. The van der Waals surface area contributed by atoms with E-state index in [2.05, 4.69) is 9.88 Å². The molecule has 2 saturated heterocycles. The van der Waals surface area contributed by atoms with Crippen molar-refractivity contribution in [3.8, 4) is 5.69 Å². The van der Waals surface area contributed by atoms with Crippen LogP contribution in [0.3, 0.4) is 0 Å². The van der Waals surface area contributed by atoms with Crippen molar-refractivity contribution in [1.29, 1.82) is 0 Å². The Morgan fingerprint density at radius 3 is 2.21 bits per heavy atom. The van der Waals surface area contributed by atoms with Gasteiger partial charge in [-0.05, 0) is 37.8 Å². The van der Waals surface area contributed by atoms with Crippen molar-refractivity contribution >= 4 is 11.8 Å². The van der Waals surface area contributed by atoms with Crippen molar-refractivity contribution in [3.05, 3.63) is 48.5 Å². The normalized spacial score (nSPS) is 18.7. The molecule has 0 aliphatic carbocycles. The largest absolute Gasteiger partial charge is 0.342 e. The molecule has 0 spiro atoms. The van der Waals surface area contributed by atoms with Gasteiger partial charge in [-0.2, -0.15) is 0 Å². The molecule has 2 amide bonds. The summed E-state index contributed by atoms with van der Waals surface area (Å²) in [6.45, 7) is 3.05. The van der Waals surface area contributed by atoms with Gasteiger partial charge in [0, 0.05) is 37.8 Å². The second-order valence-electron chi connectivity index (χ2n) is 7.79. The first-order valence-corrected chi connectivity index (χ1v) is 10.4. The lowest BCUT2D eigenvalue weighted by Gasteiger charge is -2.34. The molecular weight excluding hydrogens is 352 g/mol. The number of rotatable bonds is 3. The zero-order valence-corrected chi connectivity index (χ0v) is 16.3. The molecule has 6 nitrogen and oxygen atoms in total. The van der Waals surface area contributed by atoms with Gasteiger partial charge in [-0.25, -0.2) is 4.98 Å². The number of aromatic nitrogens is 2. The maximum Gasteiger partial charge on any atom is 0.272 e. The minimum Gasteiger partial charge on any atom is -0.342 e. The molecule has 148 valence electrons. The number of hydrogen-bond donors (Lipinski definition) is 0. The fourth-order valence-electron chi connectivity index (χ4n) is 4.29. The first-order valence-electron chi connectivity index (χ1n) is 10.4. The van der Waals surface area contributed by atoms with E-state index in [0.717, 1.165) is 44.5 Å². The van der Waals surface area contributed by atoms with Crippen LogP contribution in [-0.4, -0.2) is 57.3 Å². The summed E-state index contributed by atoms with van der Waals surface area (Å²) in [5.74, 6) is 0.339. The molecule has 0 unspecified atom stereocenters. The van der Waals surface area contributed by atoms with E-state index in [9.17, 15) is 9.59 Å². The zero-order valence-electron chi connectivity index (χ0n) is 16.3. The van der Waals surface area contributed by atoms with Gasteiger partial charge in [0.15, 0.2) is 0 Å². The fraction of sp³-hybridized carbons (Fsp3) is 0.500. The van der Waals surface area contributed by atoms with Gasteiger partial charge in [0.2, 0.25) is 5.91 Å². The number of amides is 2. The molecule has 3 heterocycles. The Balaban J connectivity index is 1.38. The molecule has 28 heavy (non-hydrogen) atoms. The van der Waals surface area contributed by atoms with E-state index >= 15 is 0 Å². The molecule has 0 radical (unpaired) electrons. The standard InChI is InChI=1S/C22H28N4O2/c27-21(24-12-6-1-2-7-13-24)18-10-14-25(15-11-18)22(28)20-16-23-17-26(20)19-8-4-3-5-9-19/h3-5,8-9,16-18H,1-2,6-7,10-15H2. The Kier molecular flexibility index (Phi) is 5.74. The van der Waals surface area contributed by atoms with E-state index in [1.54, 1.807) is 12.5 Å². The molecule has 1 aromatic heterocycles. The number of benzene rings is 1. The van der Waals surface area contributed by atoms with Gasteiger partial charge in [-0.3, -0.25) is 14.2 Å². The first kappa shape index (κ1) is 18.7. The number of likely N-dealkylation sites (tertiary alicyclic amines) is 2. The second kappa shape index (κ2) is 8.59. The molecule has 2 aliphatic heterocycles. The van der Waals surface area contributed by atoms with Crippen molar-refractivity contribution in [1.82, 2.24) is 19.4 Å². The predicted molar refractivity (Wildman–Crippen MR) is 107 cm³/mol. The summed E-state index contributed by atoms with van der Waals surface area (Å²) in [4.78, 5) is 34.0. The average Bonchev–Trinajstić information content (AvgIpc) is 3.08. The summed E-state index contributed by atoms with van der Waals surface area (Å²) < 4.78 is 1.83. The third kappa shape index (κ3) is 3.96. The number of piperidine rings is 1. The molecule has 0 saturated carbocycles. The van der Waals surface area contributed by atoms with Crippen LogP contribution in [0.5, 0.6) is 0 Å². The number of imidazole rings is 1. The van der Waals surface area contributed by atoms with Crippen LogP contribution in [0.4, 0.5) is 0 Å². The van der Waals surface area contributed by atoms with Crippen molar-refractivity contribution in [2.45, 2.75) is 38.5 Å². The molecule has 4 rings (SSSR count). The van der Waals surface area contributed by atoms with Crippen LogP contribution >= 0.6 is 0 Å². The van der Waals surface area contributed by atoms with Crippen LogP contribution in [0, 0.1) is 5.92 Å². The highest BCUT2D eigenvalue weighted by Gasteiger charge is 2.31. The molecule has 2 aliphatic rings. The molecule has 6 heteroatoms. The minimum absolute atomic E-state index is 0.0120. The van der Waals surface area contributed by atoms with E-state index in [0.29, 0.717) is 24.7 Å². The van der Waals surface area contributed by atoms with E-state index < -0.39 is 0 Å². The third-order valence-corrected chi connectivity index (χ3v) is 5.94. The molecule has 0 atom stereocenters. The molecule has 0 bridgehead atoms. The van der Waals surface area contributed by atoms with Gasteiger partial charge in [0.25, 0.3) is 5.91 Å². The van der Waals surface area contributed by atoms with Gasteiger partial charge in [-0.15, -0.1) is 0 Å². The van der Waals surface area contributed by atoms with Crippen molar-refractivity contribution in [2.75, 3.05) is 26.2 Å². The van der Waals surface area contributed by atoms with Crippen molar-refractivity contribution in [2.24, 2.45) is 5.92 Å². The predicted octanol–water partition coefficient (Wildman–Crippen LogP) is 3.13. The van der Waals surface area contributed by atoms with E-state index in [4.69, 9.17) is 0 Å². The summed E-state index contributed by atoms with van der Waals surface area (Å²) in [6, 6.07) is 9.77. The summed E-state index contributed by atoms with van der Waals surface area (Å²) in [5.41, 5.74) is 1.50. The Morgan fingerprint density at radius 2 is 1.54 bits per heavy atom. The Bertz CT molecular complexity index is 801. The van der Waals surface area contributed by atoms with Crippen LogP contribution < -0.4 is 0 Å². The highest BCUT2D eigenvalue weighted by atomic mass is 16.2. The van der Waals surface area contributed by atoms with Crippen molar-refractivity contribution in [3.63, 3.8) is 0 Å². The highest BCUT2D eigenvalue weighted by Crippen LogP contribution is 2.23. The Hall–Kier alpha value is -2.63. The van der Waals surface area contributed by atoms with Gasteiger partial charge in [0.05, 0.1) is 12.5 Å². The van der Waals surface area contributed by atoms with Crippen LogP contribution in [0.2, 0.25) is 0 Å². The van der Waals surface area contributed by atoms with E-state index in [-0.39, 0.29) is 11.8 Å². The van der Waals surface area contributed by atoms with Crippen LogP contribution in [-0.2, 0) is 4.79 Å². The summed E-state index contributed by atoms with van der Waals surface area (Å²) in [7, 11) is 0. The van der Waals surface area contributed by atoms with Gasteiger partial charge in [-0.1, -0.05) is 31.0 Å². The maximum atomic E-state index is 13.0. The van der Waals surface area contributed by atoms with Crippen LogP contribution in [0.1, 0.15) is 49.0 Å². The number of para-hydroxylation sites is 1. The van der Waals surface area contributed by atoms with Gasteiger partial charge < -0.3 is 9.80 Å². The number of carbonyl (C=O) groups excluding carboxylic acids is 2. The Labute approximate surface area is 166 Å². The number of carbonyl (C=O) groups is 2. The lowest BCUT2D eigenvalue weighted by Crippen LogP contribution is -2.45. The topological polar surface area (TPSA) is 58.4 Å². The lowest BCUT2D eigenvalue weighted by molar-refractivity contribution is -0.136. The first-order chi connectivity index (χ1) is 13.7. The summed E-state index contributed by atoms with van der Waals surface area (Å²) in [6.07, 6.45) is 9.50. The van der Waals surface area contributed by atoms with Crippen molar-refractivity contribution < 1.29 is 9.59 Å². The van der Waals surface area contributed by atoms with Crippen LogP contribution in [0.15, 0.2) is 42.9 Å². The van der Waals surface area contributed by atoms with Gasteiger partial charge >= 0.3 is 0 Å². The van der Waals surface area contributed by atoms with Gasteiger partial charge in [0.1, 0.15) is 5.69 Å². The summed E-state index contributed by atoms with van der Waals surface area (Å²) in [5, 5.41) is 0. The molecule has 0 N–H and O–H groups in total. The third-order valence-electron chi connectivity index (χ3n) is 5.94. The van der Waals surface area contributed by atoms with E-state index in [1.807, 2.05) is 39.8 Å². The minimum atomic E-state index is -0.0120. The lowest BCUT2D eigenvalue weighted by atomic mass is 9.95.